The highest BCUT2D eigenvalue weighted by Crippen LogP contribution is 2.18. The van der Waals surface area contributed by atoms with Crippen LogP contribution in [0, 0.1) is 5.92 Å². The molecule has 0 amide bonds. The lowest BCUT2D eigenvalue weighted by Gasteiger charge is -2.21. The fraction of sp³-hybridized carbons (Fsp3) is 0.625. The molecule has 176 valence electrons. The number of ether oxygens (including phenoxy) is 2. The van der Waals surface area contributed by atoms with Crippen LogP contribution in [0.15, 0.2) is 33.8 Å². The molecule has 8 nitrogen and oxygen atoms in total. The highest BCUT2D eigenvalue weighted by Gasteiger charge is 2.13. The number of nitrogens with zero attached hydrogens (tertiary/aromatic N) is 3. The standard InChI is InChI=1S/C24H37N5O3/c1-3-22-28-23(32-29-22)21-8-6-19(7-9-21)10-14-27-24(25-4-2)26-13-5-15-31-18-20-11-16-30-17-12-20/h6-9,20H,3-5,10-18H2,1-2H3,(H2,25,26,27). The van der Waals surface area contributed by atoms with Crippen molar-refractivity contribution in [1.82, 2.24) is 20.8 Å². The first kappa shape index (κ1) is 24.2. The molecule has 1 fully saturated rings. The molecule has 0 saturated carbocycles. The molecular formula is C24H37N5O3. The van der Waals surface area contributed by atoms with Crippen molar-refractivity contribution in [2.75, 3.05) is 46.1 Å². The van der Waals surface area contributed by atoms with E-state index in [0.717, 1.165) is 95.5 Å². The number of guanidine groups is 1. The molecule has 8 heteroatoms. The minimum absolute atomic E-state index is 0.574. The summed E-state index contributed by atoms with van der Waals surface area (Å²) in [7, 11) is 0. The maximum atomic E-state index is 5.82. The minimum atomic E-state index is 0.574. The summed E-state index contributed by atoms with van der Waals surface area (Å²) in [6, 6.07) is 8.27. The average Bonchev–Trinajstić information content (AvgIpc) is 3.32. The summed E-state index contributed by atoms with van der Waals surface area (Å²) < 4.78 is 16.5. The van der Waals surface area contributed by atoms with Gasteiger partial charge in [-0.3, -0.25) is 4.99 Å². The first-order valence-corrected chi connectivity index (χ1v) is 11.9. The zero-order valence-corrected chi connectivity index (χ0v) is 19.4. The van der Waals surface area contributed by atoms with E-state index in [1.165, 1.54) is 5.56 Å². The number of rotatable bonds is 12. The van der Waals surface area contributed by atoms with Gasteiger partial charge < -0.3 is 24.6 Å². The van der Waals surface area contributed by atoms with Crippen LogP contribution in [0.4, 0.5) is 0 Å². The Labute approximate surface area is 191 Å². The Balaban J connectivity index is 1.34. The molecule has 2 heterocycles. The third-order valence-electron chi connectivity index (χ3n) is 5.45. The molecule has 32 heavy (non-hydrogen) atoms. The van der Waals surface area contributed by atoms with Crippen LogP contribution in [0.5, 0.6) is 0 Å². The molecule has 1 saturated heterocycles. The van der Waals surface area contributed by atoms with Crippen molar-refractivity contribution >= 4 is 5.96 Å². The van der Waals surface area contributed by atoms with E-state index in [9.17, 15) is 0 Å². The van der Waals surface area contributed by atoms with E-state index in [-0.39, 0.29) is 0 Å². The first-order valence-electron chi connectivity index (χ1n) is 11.9. The van der Waals surface area contributed by atoms with Gasteiger partial charge in [-0.1, -0.05) is 24.2 Å². The van der Waals surface area contributed by atoms with Crippen LogP contribution in [0.1, 0.15) is 44.5 Å². The van der Waals surface area contributed by atoms with Gasteiger partial charge in [-0.2, -0.15) is 4.98 Å². The van der Waals surface area contributed by atoms with E-state index >= 15 is 0 Å². The second-order valence-electron chi connectivity index (χ2n) is 7.99. The monoisotopic (exact) mass is 443 g/mol. The molecule has 2 N–H and O–H groups in total. The Morgan fingerprint density at radius 3 is 2.69 bits per heavy atom. The topological polar surface area (TPSA) is 93.8 Å². The van der Waals surface area contributed by atoms with Gasteiger partial charge in [0.15, 0.2) is 11.8 Å². The fourth-order valence-corrected chi connectivity index (χ4v) is 3.52. The largest absolute Gasteiger partial charge is 0.381 e. The van der Waals surface area contributed by atoms with Crippen LogP contribution in [0.25, 0.3) is 11.5 Å². The Morgan fingerprint density at radius 1 is 1.16 bits per heavy atom. The number of aliphatic imine (C=N–C) groups is 1. The van der Waals surface area contributed by atoms with E-state index in [1.807, 2.05) is 19.1 Å². The number of nitrogens with one attached hydrogen (secondary N) is 2. The molecule has 1 aromatic heterocycles. The van der Waals surface area contributed by atoms with Gasteiger partial charge in [0.2, 0.25) is 0 Å². The number of aryl methyl sites for hydroxylation is 1. The summed E-state index contributed by atoms with van der Waals surface area (Å²) in [4.78, 5) is 9.04. The van der Waals surface area contributed by atoms with Crippen molar-refractivity contribution in [2.45, 2.75) is 46.0 Å². The van der Waals surface area contributed by atoms with Gasteiger partial charge in [0.25, 0.3) is 5.89 Å². The molecule has 1 aliphatic rings. The van der Waals surface area contributed by atoms with Crippen LogP contribution in [-0.2, 0) is 22.3 Å². The average molecular weight is 444 g/mol. The predicted octanol–water partition coefficient (Wildman–Crippen LogP) is 3.23. The van der Waals surface area contributed by atoms with Gasteiger partial charge in [-0.05, 0) is 56.2 Å². The van der Waals surface area contributed by atoms with Gasteiger partial charge in [-0.25, -0.2) is 0 Å². The van der Waals surface area contributed by atoms with Crippen molar-refractivity contribution in [3.8, 4) is 11.5 Å². The maximum absolute atomic E-state index is 5.82. The summed E-state index contributed by atoms with van der Waals surface area (Å²) in [5.74, 6) is 2.81. The Bertz CT molecular complexity index is 800. The molecular weight excluding hydrogens is 406 g/mol. The molecule has 0 bridgehead atoms. The second-order valence-corrected chi connectivity index (χ2v) is 7.99. The minimum Gasteiger partial charge on any atom is -0.381 e. The molecule has 1 aromatic carbocycles. The van der Waals surface area contributed by atoms with Crippen molar-refractivity contribution in [2.24, 2.45) is 10.9 Å². The third kappa shape index (κ3) is 8.24. The van der Waals surface area contributed by atoms with E-state index in [1.54, 1.807) is 0 Å². The molecule has 2 aromatic rings. The smallest absolute Gasteiger partial charge is 0.257 e. The lowest BCUT2D eigenvalue weighted by atomic mass is 10.0. The predicted molar refractivity (Wildman–Crippen MR) is 126 cm³/mol. The molecule has 1 aliphatic heterocycles. The van der Waals surface area contributed by atoms with Gasteiger partial charge in [0, 0.05) is 58.0 Å². The Hall–Kier alpha value is -2.45. The zero-order valence-electron chi connectivity index (χ0n) is 19.4. The summed E-state index contributed by atoms with van der Waals surface area (Å²) in [5, 5.41) is 10.7. The Kier molecular flexibility index (Phi) is 10.5. The van der Waals surface area contributed by atoms with Gasteiger partial charge in [0.1, 0.15) is 0 Å². The SMILES string of the molecule is CCNC(=NCCCOCC1CCOCC1)NCCc1ccc(-c2nc(CC)no2)cc1. The van der Waals surface area contributed by atoms with Crippen LogP contribution >= 0.6 is 0 Å². The third-order valence-corrected chi connectivity index (χ3v) is 5.45. The van der Waals surface area contributed by atoms with Gasteiger partial charge in [-0.15, -0.1) is 0 Å². The Morgan fingerprint density at radius 2 is 1.97 bits per heavy atom. The van der Waals surface area contributed by atoms with E-state index in [2.05, 4.69) is 44.8 Å². The molecule has 0 spiro atoms. The highest BCUT2D eigenvalue weighted by atomic mass is 16.5. The van der Waals surface area contributed by atoms with Crippen LogP contribution < -0.4 is 10.6 Å². The van der Waals surface area contributed by atoms with E-state index in [0.29, 0.717) is 11.8 Å². The number of aromatic nitrogens is 2. The summed E-state index contributed by atoms with van der Waals surface area (Å²) in [6.45, 7) is 9.84. The van der Waals surface area contributed by atoms with E-state index in [4.69, 9.17) is 14.0 Å². The van der Waals surface area contributed by atoms with Gasteiger partial charge in [0.05, 0.1) is 0 Å². The van der Waals surface area contributed by atoms with Crippen LogP contribution in [0.2, 0.25) is 0 Å². The summed E-state index contributed by atoms with van der Waals surface area (Å²) >= 11 is 0. The first-order chi connectivity index (χ1) is 15.8. The normalized spacial score (nSPS) is 15.1. The van der Waals surface area contributed by atoms with Crippen LogP contribution in [-0.4, -0.2) is 62.2 Å². The molecule has 0 radical (unpaired) electrons. The molecule has 0 atom stereocenters. The molecule has 0 unspecified atom stereocenters. The zero-order chi connectivity index (χ0) is 22.4. The summed E-state index contributed by atoms with van der Waals surface area (Å²) in [6.07, 6.45) is 4.84. The van der Waals surface area contributed by atoms with Crippen molar-refractivity contribution in [1.29, 1.82) is 0 Å². The number of hydrogen-bond donors (Lipinski definition) is 2. The highest BCUT2D eigenvalue weighted by molar-refractivity contribution is 5.79. The number of benzene rings is 1. The second kappa shape index (κ2) is 13.9. The lowest BCUT2D eigenvalue weighted by molar-refractivity contribution is 0.0205. The molecule has 3 rings (SSSR count). The van der Waals surface area contributed by atoms with Gasteiger partial charge >= 0.3 is 0 Å². The lowest BCUT2D eigenvalue weighted by Crippen LogP contribution is -2.38. The van der Waals surface area contributed by atoms with Crippen LogP contribution in [0.3, 0.4) is 0 Å². The number of hydrogen-bond acceptors (Lipinski definition) is 6. The quantitative estimate of drug-likeness (QED) is 0.295. The molecule has 0 aliphatic carbocycles. The van der Waals surface area contributed by atoms with Crippen molar-refractivity contribution in [3.63, 3.8) is 0 Å². The van der Waals surface area contributed by atoms with Crippen molar-refractivity contribution in [3.05, 3.63) is 35.7 Å². The van der Waals surface area contributed by atoms with Crippen molar-refractivity contribution < 1.29 is 14.0 Å². The van der Waals surface area contributed by atoms with E-state index < -0.39 is 0 Å². The summed E-state index contributed by atoms with van der Waals surface area (Å²) in [5.41, 5.74) is 2.19. The maximum Gasteiger partial charge on any atom is 0.257 e. The fourth-order valence-electron chi connectivity index (χ4n) is 3.52.